The highest BCUT2D eigenvalue weighted by molar-refractivity contribution is 8.22. The van der Waals surface area contributed by atoms with E-state index in [9.17, 15) is 0 Å². The van der Waals surface area contributed by atoms with Crippen LogP contribution in [-0.2, 0) is 0 Å². The number of hydrogen-bond acceptors (Lipinski definition) is 2. The molecule has 1 N–H and O–H groups in total. The molecule has 1 radical (unpaired) electrons. The molecule has 0 aliphatic carbocycles. The van der Waals surface area contributed by atoms with E-state index in [-0.39, 0.29) is 0 Å². The first-order valence-corrected chi connectivity index (χ1v) is 4.63. The molecule has 0 saturated heterocycles. The van der Waals surface area contributed by atoms with Crippen molar-refractivity contribution in [2.24, 2.45) is 0 Å². The van der Waals surface area contributed by atoms with Crippen LogP contribution in [0.3, 0.4) is 0 Å². The van der Waals surface area contributed by atoms with Gasteiger partial charge in [-0.2, -0.15) is 11.6 Å². The van der Waals surface area contributed by atoms with Crippen molar-refractivity contribution in [3.8, 4) is 0 Å². The molecule has 1 nitrogen and oxygen atoms in total. The molecule has 0 rings (SSSR count). The average molecular weight is 144 g/mol. The molecule has 0 spiro atoms. The fraction of sp³-hybridized carbons (Fsp3) is 1.00. The summed E-state index contributed by atoms with van der Waals surface area (Å²) < 4.78 is 0. The van der Waals surface area contributed by atoms with E-state index in [2.05, 4.69) is 25.8 Å². The Labute approximate surface area is 63.1 Å². The maximum atomic E-state index is 3.23. The van der Waals surface area contributed by atoms with Gasteiger partial charge >= 0.3 is 0 Å². The van der Waals surface area contributed by atoms with Crippen LogP contribution in [0.4, 0.5) is 0 Å². The Morgan fingerprint density at radius 3 is 2.78 bits per heavy atom. The van der Waals surface area contributed by atoms with E-state index >= 15 is 0 Å². The van der Waals surface area contributed by atoms with Gasteiger partial charge in [0.2, 0.25) is 0 Å². The van der Waals surface area contributed by atoms with Gasteiger partial charge in [0.1, 0.15) is 0 Å². The molecule has 0 aromatic rings. The van der Waals surface area contributed by atoms with Gasteiger partial charge in [-0.1, -0.05) is 20.3 Å². The molecule has 0 heterocycles. The maximum absolute atomic E-state index is 3.23. The third-order valence-electron chi connectivity index (χ3n) is 1.01. The van der Waals surface area contributed by atoms with Crippen molar-refractivity contribution in [2.45, 2.75) is 26.7 Å². The standard InChI is InChI=1S/C6H15BNS/c1-3-5-6-8-7-9-4-2/h8H,3-6H2,1-2H3. The van der Waals surface area contributed by atoms with E-state index in [0.29, 0.717) is 0 Å². The van der Waals surface area contributed by atoms with Crippen LogP contribution in [0.5, 0.6) is 0 Å². The largest absolute Gasteiger partial charge is 0.350 e. The van der Waals surface area contributed by atoms with Crippen molar-refractivity contribution < 1.29 is 0 Å². The van der Waals surface area contributed by atoms with Crippen molar-refractivity contribution in [3.63, 3.8) is 0 Å². The van der Waals surface area contributed by atoms with Gasteiger partial charge in [-0.05, 0) is 18.7 Å². The molecule has 0 fully saturated rings. The van der Waals surface area contributed by atoms with E-state index in [1.165, 1.54) is 18.6 Å². The van der Waals surface area contributed by atoms with Crippen molar-refractivity contribution in [2.75, 3.05) is 12.3 Å². The van der Waals surface area contributed by atoms with Crippen LogP contribution in [0.2, 0.25) is 0 Å². The van der Waals surface area contributed by atoms with Gasteiger partial charge in [0, 0.05) is 0 Å². The highest BCUT2D eigenvalue weighted by Crippen LogP contribution is 1.91. The Morgan fingerprint density at radius 1 is 1.44 bits per heavy atom. The minimum absolute atomic E-state index is 1.13. The summed E-state index contributed by atoms with van der Waals surface area (Å²) in [6, 6.07) is 0. The zero-order valence-electron chi connectivity index (χ0n) is 6.31. The van der Waals surface area contributed by atoms with E-state index in [1.807, 2.05) is 11.6 Å². The Morgan fingerprint density at radius 2 is 2.22 bits per heavy atom. The molecule has 0 unspecified atom stereocenters. The van der Waals surface area contributed by atoms with Crippen LogP contribution in [0.15, 0.2) is 0 Å². The van der Waals surface area contributed by atoms with Gasteiger partial charge in [-0.25, -0.2) is 0 Å². The third kappa shape index (κ3) is 8.37. The van der Waals surface area contributed by atoms with Crippen molar-refractivity contribution in [1.82, 2.24) is 5.23 Å². The summed E-state index contributed by atoms with van der Waals surface area (Å²) in [6.07, 6.45) is 2.55. The summed E-state index contributed by atoms with van der Waals surface area (Å²) in [5, 5.41) is 3.23. The molecule has 0 aliphatic heterocycles. The van der Waals surface area contributed by atoms with E-state index in [1.54, 1.807) is 0 Å². The lowest BCUT2D eigenvalue weighted by Gasteiger charge is -1.97. The van der Waals surface area contributed by atoms with Crippen LogP contribution in [-0.4, -0.2) is 19.0 Å². The molecule has 0 aliphatic rings. The zero-order valence-corrected chi connectivity index (χ0v) is 7.13. The molecule has 0 atom stereocenters. The first kappa shape index (κ1) is 9.37. The maximum Gasteiger partial charge on any atom is 0.285 e. The number of nitrogens with one attached hydrogen (secondary N) is 1. The summed E-state index contributed by atoms with van der Waals surface area (Å²) in [5.74, 6) is 1.17. The van der Waals surface area contributed by atoms with Crippen molar-refractivity contribution >= 4 is 18.3 Å². The van der Waals surface area contributed by atoms with Gasteiger partial charge < -0.3 is 5.23 Å². The van der Waals surface area contributed by atoms with Crippen molar-refractivity contribution in [3.05, 3.63) is 0 Å². The predicted octanol–water partition coefficient (Wildman–Crippen LogP) is 1.66. The van der Waals surface area contributed by atoms with Gasteiger partial charge in [0.25, 0.3) is 6.69 Å². The molecule has 0 bridgehead atoms. The highest BCUT2D eigenvalue weighted by Gasteiger charge is 1.86. The lowest BCUT2D eigenvalue weighted by Crippen LogP contribution is -2.17. The topological polar surface area (TPSA) is 12.0 Å². The van der Waals surface area contributed by atoms with Gasteiger partial charge in [0.05, 0.1) is 0 Å². The van der Waals surface area contributed by atoms with Crippen LogP contribution in [0.25, 0.3) is 0 Å². The van der Waals surface area contributed by atoms with Crippen LogP contribution >= 0.6 is 11.6 Å². The minimum atomic E-state index is 1.13. The van der Waals surface area contributed by atoms with Gasteiger partial charge in [-0.15, -0.1) is 0 Å². The minimum Gasteiger partial charge on any atom is -0.350 e. The second-order valence-electron chi connectivity index (χ2n) is 1.88. The van der Waals surface area contributed by atoms with Crippen LogP contribution < -0.4 is 5.23 Å². The summed E-state index contributed by atoms with van der Waals surface area (Å²) in [6.45, 7) is 7.57. The second-order valence-corrected chi connectivity index (χ2v) is 3.03. The predicted molar refractivity (Wildman–Crippen MR) is 46.8 cm³/mol. The normalized spacial score (nSPS) is 9.56. The smallest absolute Gasteiger partial charge is 0.285 e. The first-order valence-electron chi connectivity index (χ1n) is 3.58. The molecular formula is C6H15BNS. The molecule has 9 heavy (non-hydrogen) atoms. The quantitative estimate of drug-likeness (QED) is 0.449. The van der Waals surface area contributed by atoms with E-state index < -0.39 is 0 Å². The highest BCUT2D eigenvalue weighted by atomic mass is 32.2. The molecule has 0 saturated carbocycles. The fourth-order valence-electron chi connectivity index (χ4n) is 0.480. The molecule has 0 aromatic heterocycles. The van der Waals surface area contributed by atoms with Crippen LogP contribution in [0.1, 0.15) is 26.7 Å². The molecule has 3 heteroatoms. The van der Waals surface area contributed by atoms with E-state index in [4.69, 9.17) is 0 Å². The number of unbranched alkanes of at least 4 members (excludes halogenated alkanes) is 1. The first-order chi connectivity index (χ1) is 4.41. The summed E-state index contributed by atoms with van der Waals surface area (Å²) in [5.41, 5.74) is 0. The molecular weight excluding hydrogens is 129 g/mol. The van der Waals surface area contributed by atoms with E-state index in [0.717, 1.165) is 6.54 Å². The number of rotatable bonds is 6. The lowest BCUT2D eigenvalue weighted by atomic mass is 10.3. The zero-order chi connectivity index (χ0) is 6.95. The fourth-order valence-corrected chi connectivity index (χ4v) is 0.882. The average Bonchev–Trinajstić information content (AvgIpc) is 1.89. The molecule has 53 valence electrons. The van der Waals surface area contributed by atoms with Crippen molar-refractivity contribution in [1.29, 1.82) is 0 Å². The monoisotopic (exact) mass is 144 g/mol. The summed E-state index contributed by atoms with van der Waals surface area (Å²) >= 11 is 1.82. The number of hydrogen-bond donors (Lipinski definition) is 1. The van der Waals surface area contributed by atoms with Gasteiger partial charge in [0.15, 0.2) is 0 Å². The Balaban J connectivity index is 2.60. The SMILES string of the molecule is CCCCN[B]SCC. The second kappa shape index (κ2) is 8.37. The summed E-state index contributed by atoms with van der Waals surface area (Å²) in [4.78, 5) is 0. The molecule has 0 aromatic carbocycles. The lowest BCUT2D eigenvalue weighted by molar-refractivity contribution is 0.770. The van der Waals surface area contributed by atoms with Gasteiger partial charge in [-0.3, -0.25) is 0 Å². The third-order valence-corrected chi connectivity index (χ3v) is 1.67. The Hall–Kier alpha value is 0.375. The summed E-state index contributed by atoms with van der Waals surface area (Å²) in [7, 11) is 0. The Kier molecular flexibility index (Phi) is 8.72. The molecule has 0 amide bonds. The Bertz CT molecular complexity index is 46.3. The van der Waals surface area contributed by atoms with Crippen LogP contribution in [0, 0.1) is 0 Å².